The molecule has 0 amide bonds. The van der Waals surface area contributed by atoms with Crippen LogP contribution in [0.4, 0.5) is 11.4 Å². The Morgan fingerprint density at radius 1 is 0.938 bits per heavy atom. The van der Waals surface area contributed by atoms with E-state index >= 15 is 0 Å². The first-order valence-electron chi connectivity index (χ1n) is 5.16. The van der Waals surface area contributed by atoms with Gasteiger partial charge >= 0.3 is 0 Å². The standard InChI is InChI=1S/C13H11NOS/c15-16-10-14(11-6-2-1-3-7-11)12-8-4-5-9-13(12)16/h1-9H,10H2. The molecule has 0 aromatic heterocycles. The van der Waals surface area contributed by atoms with Crippen LogP contribution in [-0.2, 0) is 10.8 Å². The molecule has 3 heteroatoms. The van der Waals surface area contributed by atoms with Crippen LogP contribution in [0.3, 0.4) is 0 Å². The van der Waals surface area contributed by atoms with Gasteiger partial charge < -0.3 is 4.90 Å². The normalized spacial score (nSPS) is 18.5. The maximum absolute atomic E-state index is 11.9. The minimum absolute atomic E-state index is 0.559. The predicted octanol–water partition coefficient (Wildman–Crippen LogP) is 2.90. The second kappa shape index (κ2) is 3.76. The number of para-hydroxylation sites is 2. The lowest BCUT2D eigenvalue weighted by atomic mass is 10.2. The summed E-state index contributed by atoms with van der Waals surface area (Å²) in [5, 5.41) is 0. The third-order valence-corrected chi connectivity index (χ3v) is 4.04. The van der Waals surface area contributed by atoms with Gasteiger partial charge in [0.2, 0.25) is 0 Å². The minimum atomic E-state index is -0.902. The summed E-state index contributed by atoms with van der Waals surface area (Å²) in [6.07, 6.45) is 0. The SMILES string of the molecule is O=S1CN(c2ccccc2)c2ccccc21. The fourth-order valence-electron chi connectivity index (χ4n) is 1.95. The quantitative estimate of drug-likeness (QED) is 0.749. The Kier molecular flexibility index (Phi) is 2.26. The maximum atomic E-state index is 11.9. The average Bonchev–Trinajstić information content (AvgIpc) is 2.69. The van der Waals surface area contributed by atoms with Crippen molar-refractivity contribution in [1.29, 1.82) is 0 Å². The van der Waals surface area contributed by atoms with E-state index < -0.39 is 10.8 Å². The number of nitrogens with zero attached hydrogens (tertiary/aromatic N) is 1. The summed E-state index contributed by atoms with van der Waals surface area (Å²) in [7, 11) is -0.902. The molecule has 2 aromatic carbocycles. The molecule has 16 heavy (non-hydrogen) atoms. The van der Waals surface area contributed by atoms with Crippen molar-refractivity contribution in [2.45, 2.75) is 4.90 Å². The summed E-state index contributed by atoms with van der Waals surface area (Å²) in [6.45, 7) is 0. The second-order valence-electron chi connectivity index (χ2n) is 3.71. The zero-order valence-corrected chi connectivity index (χ0v) is 9.48. The van der Waals surface area contributed by atoms with Gasteiger partial charge in [0.25, 0.3) is 0 Å². The summed E-state index contributed by atoms with van der Waals surface area (Å²) in [6, 6.07) is 17.9. The molecule has 0 N–H and O–H groups in total. The molecule has 0 radical (unpaired) electrons. The highest BCUT2D eigenvalue weighted by Crippen LogP contribution is 2.36. The average molecular weight is 229 g/mol. The number of hydrogen-bond acceptors (Lipinski definition) is 2. The summed E-state index contributed by atoms with van der Waals surface area (Å²) in [5.41, 5.74) is 2.16. The van der Waals surface area contributed by atoms with Crippen molar-refractivity contribution < 1.29 is 4.21 Å². The molecule has 1 unspecified atom stereocenters. The molecule has 1 atom stereocenters. The Morgan fingerprint density at radius 2 is 1.62 bits per heavy atom. The topological polar surface area (TPSA) is 20.3 Å². The van der Waals surface area contributed by atoms with Gasteiger partial charge in [-0.25, -0.2) is 0 Å². The highest BCUT2D eigenvalue weighted by molar-refractivity contribution is 7.85. The van der Waals surface area contributed by atoms with Gasteiger partial charge in [-0.3, -0.25) is 4.21 Å². The van der Waals surface area contributed by atoms with Crippen molar-refractivity contribution >= 4 is 22.2 Å². The Labute approximate surface area is 97.0 Å². The Morgan fingerprint density at radius 3 is 2.44 bits per heavy atom. The van der Waals surface area contributed by atoms with Crippen molar-refractivity contribution in [2.75, 3.05) is 10.8 Å². The molecule has 1 heterocycles. The summed E-state index contributed by atoms with van der Waals surface area (Å²) in [4.78, 5) is 3.04. The lowest BCUT2D eigenvalue weighted by Crippen LogP contribution is -2.13. The lowest BCUT2D eigenvalue weighted by molar-refractivity contribution is 0.685. The Hall–Kier alpha value is -1.61. The van der Waals surface area contributed by atoms with Gasteiger partial charge in [-0.2, -0.15) is 0 Å². The summed E-state index contributed by atoms with van der Waals surface area (Å²) < 4.78 is 11.9. The number of fused-ring (bicyclic) bond motifs is 1. The van der Waals surface area contributed by atoms with Crippen molar-refractivity contribution in [3.05, 3.63) is 54.6 Å². The van der Waals surface area contributed by atoms with Crippen LogP contribution >= 0.6 is 0 Å². The third kappa shape index (κ3) is 1.44. The number of anilines is 2. The molecular formula is C13H11NOS. The van der Waals surface area contributed by atoms with E-state index in [1.54, 1.807) is 0 Å². The second-order valence-corrected chi connectivity index (χ2v) is 5.09. The highest BCUT2D eigenvalue weighted by Gasteiger charge is 2.25. The Balaban J connectivity index is 2.11. The molecule has 1 aliphatic heterocycles. The van der Waals surface area contributed by atoms with Crippen LogP contribution in [0.1, 0.15) is 0 Å². The largest absolute Gasteiger partial charge is 0.328 e. The van der Waals surface area contributed by atoms with E-state index in [9.17, 15) is 4.21 Å². The van der Waals surface area contributed by atoms with Crippen LogP contribution in [0.25, 0.3) is 0 Å². The third-order valence-electron chi connectivity index (χ3n) is 2.72. The van der Waals surface area contributed by atoms with E-state index in [1.165, 1.54) is 0 Å². The van der Waals surface area contributed by atoms with Gasteiger partial charge in [-0.05, 0) is 24.3 Å². The Bertz CT molecular complexity index is 539. The number of benzene rings is 2. The predicted molar refractivity (Wildman–Crippen MR) is 66.3 cm³/mol. The van der Waals surface area contributed by atoms with Crippen LogP contribution in [0.2, 0.25) is 0 Å². The summed E-state index contributed by atoms with van der Waals surface area (Å²) >= 11 is 0. The molecule has 0 fully saturated rings. The van der Waals surface area contributed by atoms with Gasteiger partial charge in [0.05, 0.1) is 21.4 Å². The molecular weight excluding hydrogens is 218 g/mol. The fourth-order valence-corrected chi connectivity index (χ4v) is 3.25. The molecule has 0 bridgehead atoms. The molecule has 0 aliphatic carbocycles. The van der Waals surface area contributed by atoms with E-state index in [4.69, 9.17) is 0 Å². The fraction of sp³-hybridized carbons (Fsp3) is 0.0769. The van der Waals surface area contributed by atoms with Crippen LogP contribution in [0.15, 0.2) is 59.5 Å². The molecule has 0 saturated heterocycles. The van der Waals surface area contributed by atoms with E-state index in [1.807, 2.05) is 54.6 Å². The van der Waals surface area contributed by atoms with Crippen LogP contribution in [-0.4, -0.2) is 10.1 Å². The molecule has 2 nitrogen and oxygen atoms in total. The van der Waals surface area contributed by atoms with Gasteiger partial charge in [0, 0.05) is 5.69 Å². The van der Waals surface area contributed by atoms with E-state index in [2.05, 4.69) is 4.90 Å². The molecule has 0 saturated carbocycles. The van der Waals surface area contributed by atoms with E-state index in [0.29, 0.717) is 5.88 Å². The maximum Gasteiger partial charge on any atom is 0.103 e. The van der Waals surface area contributed by atoms with Crippen LogP contribution < -0.4 is 4.90 Å². The van der Waals surface area contributed by atoms with E-state index in [-0.39, 0.29) is 0 Å². The highest BCUT2D eigenvalue weighted by atomic mass is 32.2. The zero-order chi connectivity index (χ0) is 11.0. The van der Waals surface area contributed by atoms with E-state index in [0.717, 1.165) is 16.3 Å². The van der Waals surface area contributed by atoms with Crippen molar-refractivity contribution in [2.24, 2.45) is 0 Å². The first kappa shape index (κ1) is 9.60. The van der Waals surface area contributed by atoms with Crippen LogP contribution in [0.5, 0.6) is 0 Å². The van der Waals surface area contributed by atoms with Crippen molar-refractivity contribution in [3.63, 3.8) is 0 Å². The lowest BCUT2D eigenvalue weighted by Gasteiger charge is -2.17. The molecule has 80 valence electrons. The minimum Gasteiger partial charge on any atom is -0.328 e. The first-order chi connectivity index (χ1) is 7.86. The van der Waals surface area contributed by atoms with Gasteiger partial charge in [0.15, 0.2) is 0 Å². The van der Waals surface area contributed by atoms with Crippen molar-refractivity contribution in [1.82, 2.24) is 0 Å². The van der Waals surface area contributed by atoms with Crippen LogP contribution in [0, 0.1) is 0 Å². The van der Waals surface area contributed by atoms with Gasteiger partial charge in [-0.15, -0.1) is 0 Å². The first-order valence-corrected chi connectivity index (χ1v) is 6.48. The molecule has 3 rings (SSSR count). The molecule has 2 aromatic rings. The smallest absolute Gasteiger partial charge is 0.103 e. The zero-order valence-electron chi connectivity index (χ0n) is 8.67. The summed E-state index contributed by atoms with van der Waals surface area (Å²) in [5.74, 6) is 0.559. The van der Waals surface area contributed by atoms with Gasteiger partial charge in [0.1, 0.15) is 5.88 Å². The molecule has 1 aliphatic rings. The molecule has 0 spiro atoms. The van der Waals surface area contributed by atoms with Gasteiger partial charge in [-0.1, -0.05) is 30.3 Å². The monoisotopic (exact) mass is 229 g/mol. The van der Waals surface area contributed by atoms with Crippen molar-refractivity contribution in [3.8, 4) is 0 Å². The number of rotatable bonds is 1. The number of hydrogen-bond donors (Lipinski definition) is 0.